The van der Waals surface area contributed by atoms with Gasteiger partial charge in [0.2, 0.25) is 14.9 Å². The van der Waals surface area contributed by atoms with Gasteiger partial charge in [-0.1, -0.05) is 37.3 Å². The summed E-state index contributed by atoms with van der Waals surface area (Å²) in [4.78, 5) is 12.4. The van der Waals surface area contributed by atoms with Crippen LogP contribution in [0.1, 0.15) is 23.0 Å². The van der Waals surface area contributed by atoms with E-state index < -0.39 is 15.7 Å². The third kappa shape index (κ3) is 3.64. The van der Waals surface area contributed by atoms with Crippen LogP contribution >= 0.6 is 0 Å². The molecule has 0 radical (unpaired) electrons. The Morgan fingerprint density at radius 1 is 0.960 bits per heavy atom. The van der Waals surface area contributed by atoms with Crippen molar-refractivity contribution in [2.45, 2.75) is 23.3 Å². The fourth-order valence-electron chi connectivity index (χ4n) is 2.32. The molecule has 6 heteroatoms. The van der Waals surface area contributed by atoms with E-state index in [0.29, 0.717) is 5.69 Å². The van der Waals surface area contributed by atoms with Crippen LogP contribution in [-0.4, -0.2) is 14.3 Å². The predicted molar refractivity (Wildman–Crippen MR) is 94.4 cm³/mol. The smallest absolute Gasteiger partial charge is 0.291 e. The van der Waals surface area contributed by atoms with Crippen molar-refractivity contribution in [1.82, 2.24) is 0 Å². The van der Waals surface area contributed by atoms with E-state index in [1.807, 2.05) is 19.1 Å². The van der Waals surface area contributed by atoms with E-state index >= 15 is 0 Å². The van der Waals surface area contributed by atoms with Crippen LogP contribution in [0.3, 0.4) is 0 Å². The molecule has 0 fully saturated rings. The number of hydrogen-bond acceptors (Lipinski definition) is 4. The Bertz CT molecular complexity index is 974. The number of furan rings is 1. The molecule has 0 aliphatic carbocycles. The van der Waals surface area contributed by atoms with E-state index in [-0.39, 0.29) is 15.7 Å². The molecule has 1 N–H and O–H groups in total. The molecule has 2 aromatic carbocycles. The Kier molecular flexibility index (Phi) is 4.72. The standard InChI is InChI=1S/C19H17NO4S/c1-2-14-8-10-15(11-9-14)20-19(21)17-12-13-18(24-17)25(22,23)16-6-4-3-5-7-16/h3-13H,2H2,1H3,(H,20,21). The third-order valence-corrected chi connectivity index (χ3v) is 5.39. The topological polar surface area (TPSA) is 76.4 Å². The monoisotopic (exact) mass is 355 g/mol. The van der Waals surface area contributed by atoms with Crippen molar-refractivity contribution < 1.29 is 17.6 Å². The van der Waals surface area contributed by atoms with Gasteiger partial charge in [0.05, 0.1) is 4.90 Å². The second kappa shape index (κ2) is 6.94. The molecule has 128 valence electrons. The molecule has 3 rings (SSSR count). The number of hydrogen-bond donors (Lipinski definition) is 1. The largest absolute Gasteiger partial charge is 0.439 e. The number of anilines is 1. The minimum absolute atomic E-state index is 0.0610. The molecule has 3 aromatic rings. The van der Waals surface area contributed by atoms with Gasteiger partial charge in [-0.15, -0.1) is 0 Å². The molecule has 1 heterocycles. The van der Waals surface area contributed by atoms with Gasteiger partial charge in [-0.05, 0) is 48.4 Å². The summed E-state index contributed by atoms with van der Waals surface area (Å²) < 4.78 is 30.2. The molecule has 0 atom stereocenters. The molecule has 0 bridgehead atoms. The zero-order valence-corrected chi connectivity index (χ0v) is 14.4. The van der Waals surface area contributed by atoms with Crippen LogP contribution in [0, 0.1) is 0 Å². The average molecular weight is 355 g/mol. The number of benzene rings is 2. The highest BCUT2D eigenvalue weighted by molar-refractivity contribution is 7.91. The molecule has 25 heavy (non-hydrogen) atoms. The van der Waals surface area contributed by atoms with Crippen LogP contribution in [0.25, 0.3) is 0 Å². The first-order valence-corrected chi connectivity index (χ1v) is 9.29. The number of nitrogens with one attached hydrogen (secondary N) is 1. The van der Waals surface area contributed by atoms with Crippen molar-refractivity contribution in [3.05, 3.63) is 78.1 Å². The van der Waals surface area contributed by atoms with Crippen LogP contribution in [-0.2, 0) is 16.3 Å². The van der Waals surface area contributed by atoms with E-state index in [2.05, 4.69) is 5.32 Å². The number of sulfone groups is 1. The predicted octanol–water partition coefficient (Wildman–Crippen LogP) is 3.93. The summed E-state index contributed by atoms with van der Waals surface area (Å²) in [5.74, 6) is -0.562. The van der Waals surface area contributed by atoms with Crippen molar-refractivity contribution in [3.63, 3.8) is 0 Å². The summed E-state index contributed by atoms with van der Waals surface area (Å²) in [7, 11) is -3.78. The lowest BCUT2D eigenvalue weighted by Crippen LogP contribution is -2.11. The van der Waals surface area contributed by atoms with E-state index in [4.69, 9.17) is 4.42 Å². The molecule has 0 spiro atoms. The quantitative estimate of drug-likeness (QED) is 0.752. The normalized spacial score (nSPS) is 11.2. The van der Waals surface area contributed by atoms with Gasteiger partial charge in [0.25, 0.3) is 5.91 Å². The van der Waals surface area contributed by atoms with Crippen molar-refractivity contribution in [1.29, 1.82) is 0 Å². The van der Waals surface area contributed by atoms with Crippen molar-refractivity contribution in [3.8, 4) is 0 Å². The lowest BCUT2D eigenvalue weighted by molar-refractivity contribution is 0.0991. The lowest BCUT2D eigenvalue weighted by atomic mass is 10.1. The zero-order chi connectivity index (χ0) is 17.9. The van der Waals surface area contributed by atoms with Gasteiger partial charge in [0.1, 0.15) is 0 Å². The second-order valence-electron chi connectivity index (χ2n) is 5.44. The molecular formula is C19H17NO4S. The Morgan fingerprint density at radius 2 is 1.64 bits per heavy atom. The summed E-state index contributed by atoms with van der Waals surface area (Å²) in [6.45, 7) is 2.05. The highest BCUT2D eigenvalue weighted by atomic mass is 32.2. The Hall–Kier alpha value is -2.86. The molecule has 0 unspecified atom stereocenters. The summed E-state index contributed by atoms with van der Waals surface area (Å²) in [5.41, 5.74) is 1.78. The van der Waals surface area contributed by atoms with Gasteiger partial charge < -0.3 is 9.73 Å². The average Bonchev–Trinajstić information content (AvgIpc) is 3.14. The molecular weight excluding hydrogens is 338 g/mol. The zero-order valence-electron chi connectivity index (χ0n) is 13.6. The molecule has 1 aromatic heterocycles. The second-order valence-corrected chi connectivity index (χ2v) is 7.32. The van der Waals surface area contributed by atoms with Crippen molar-refractivity contribution >= 4 is 21.4 Å². The van der Waals surface area contributed by atoms with Gasteiger partial charge in [-0.25, -0.2) is 8.42 Å². The summed E-state index contributed by atoms with van der Waals surface area (Å²) in [5, 5.41) is 2.43. The number of carbonyl (C=O) groups excluding carboxylic acids is 1. The van der Waals surface area contributed by atoms with Crippen LogP contribution in [0.15, 0.2) is 81.1 Å². The van der Waals surface area contributed by atoms with Gasteiger partial charge in [-0.3, -0.25) is 4.79 Å². The Morgan fingerprint density at radius 3 is 2.28 bits per heavy atom. The molecule has 1 amide bonds. The molecule has 0 saturated heterocycles. The molecule has 5 nitrogen and oxygen atoms in total. The van der Waals surface area contributed by atoms with Gasteiger partial charge >= 0.3 is 0 Å². The fraction of sp³-hybridized carbons (Fsp3) is 0.105. The first-order valence-electron chi connectivity index (χ1n) is 7.81. The Labute approximate surface area is 146 Å². The minimum Gasteiger partial charge on any atom is -0.439 e. The molecule has 0 saturated carbocycles. The minimum atomic E-state index is -3.78. The summed E-state index contributed by atoms with van der Waals surface area (Å²) in [6.07, 6.45) is 0.910. The van der Waals surface area contributed by atoms with Crippen LogP contribution in [0.5, 0.6) is 0 Å². The summed E-state index contributed by atoms with van der Waals surface area (Å²) in [6, 6.07) is 18.0. The number of carbonyl (C=O) groups is 1. The Balaban J connectivity index is 1.79. The first kappa shape index (κ1) is 17.0. The van der Waals surface area contributed by atoms with Gasteiger partial charge in [0, 0.05) is 5.69 Å². The number of rotatable bonds is 5. The lowest BCUT2D eigenvalue weighted by Gasteiger charge is -2.04. The van der Waals surface area contributed by atoms with Crippen molar-refractivity contribution in [2.75, 3.05) is 5.32 Å². The SMILES string of the molecule is CCc1ccc(NC(=O)c2ccc(S(=O)(=O)c3ccccc3)o2)cc1. The van der Waals surface area contributed by atoms with Crippen LogP contribution in [0.2, 0.25) is 0 Å². The number of aryl methyl sites for hydroxylation is 1. The van der Waals surface area contributed by atoms with Gasteiger partial charge in [0.15, 0.2) is 5.76 Å². The maximum absolute atomic E-state index is 12.5. The molecule has 0 aliphatic heterocycles. The first-order chi connectivity index (χ1) is 12.0. The van der Waals surface area contributed by atoms with E-state index in [9.17, 15) is 13.2 Å². The van der Waals surface area contributed by atoms with E-state index in [0.717, 1.165) is 12.0 Å². The van der Waals surface area contributed by atoms with Gasteiger partial charge in [-0.2, -0.15) is 0 Å². The van der Waals surface area contributed by atoms with Crippen LogP contribution in [0.4, 0.5) is 5.69 Å². The molecule has 0 aliphatic rings. The maximum atomic E-state index is 12.5. The highest BCUT2D eigenvalue weighted by Crippen LogP contribution is 2.23. The summed E-state index contributed by atoms with van der Waals surface area (Å²) >= 11 is 0. The van der Waals surface area contributed by atoms with Crippen LogP contribution < -0.4 is 5.32 Å². The number of amides is 1. The van der Waals surface area contributed by atoms with Crippen molar-refractivity contribution in [2.24, 2.45) is 0 Å². The van der Waals surface area contributed by atoms with E-state index in [1.54, 1.807) is 30.3 Å². The maximum Gasteiger partial charge on any atom is 0.291 e. The third-order valence-electron chi connectivity index (χ3n) is 3.74. The highest BCUT2D eigenvalue weighted by Gasteiger charge is 2.23. The van der Waals surface area contributed by atoms with E-state index in [1.165, 1.54) is 24.3 Å². The fourth-order valence-corrected chi connectivity index (χ4v) is 3.51.